The molecule has 2 rings (SSSR count). The summed E-state index contributed by atoms with van der Waals surface area (Å²) in [6.07, 6.45) is 0. The van der Waals surface area contributed by atoms with Crippen molar-refractivity contribution in [2.24, 2.45) is 0 Å². The number of hydrogen-bond acceptors (Lipinski definition) is 5. The Hall–Kier alpha value is -2.41. The molecule has 6 nitrogen and oxygen atoms in total. The normalized spacial score (nSPS) is 10.2. The van der Waals surface area contributed by atoms with Gasteiger partial charge >= 0.3 is 0 Å². The number of nitro groups is 1. The van der Waals surface area contributed by atoms with Gasteiger partial charge in [0.1, 0.15) is 11.0 Å². The number of benzene rings is 1. The lowest BCUT2D eigenvalue weighted by atomic mass is 10.3. The van der Waals surface area contributed by atoms with E-state index in [1.54, 1.807) is 6.07 Å². The number of halogens is 2. The van der Waals surface area contributed by atoms with E-state index in [0.717, 1.165) is 6.07 Å². The summed E-state index contributed by atoms with van der Waals surface area (Å²) in [6, 6.07) is 6.50. The monoisotopic (exact) mass is 297 g/mol. The van der Waals surface area contributed by atoms with Gasteiger partial charge in [0.15, 0.2) is 11.6 Å². The van der Waals surface area contributed by atoms with Gasteiger partial charge in [-0.1, -0.05) is 11.6 Å². The van der Waals surface area contributed by atoms with Crippen LogP contribution in [0, 0.1) is 15.9 Å². The Bertz CT molecular complexity index is 666. The number of ether oxygens (including phenoxy) is 1. The van der Waals surface area contributed by atoms with Crippen LogP contribution in [-0.2, 0) is 0 Å². The molecule has 8 heteroatoms. The van der Waals surface area contributed by atoms with E-state index >= 15 is 0 Å². The van der Waals surface area contributed by atoms with Crippen molar-refractivity contribution in [2.75, 3.05) is 12.4 Å². The van der Waals surface area contributed by atoms with Gasteiger partial charge in [-0.25, -0.2) is 9.37 Å². The van der Waals surface area contributed by atoms with Crippen molar-refractivity contribution < 1.29 is 14.1 Å². The number of methoxy groups -OCH3 is 1. The molecule has 104 valence electrons. The van der Waals surface area contributed by atoms with Gasteiger partial charge in [0.2, 0.25) is 0 Å². The van der Waals surface area contributed by atoms with Crippen molar-refractivity contribution in [2.45, 2.75) is 0 Å². The first kappa shape index (κ1) is 14.0. The van der Waals surface area contributed by atoms with Crippen LogP contribution in [0.15, 0.2) is 30.3 Å². The fourth-order valence-corrected chi connectivity index (χ4v) is 1.75. The number of hydrogen-bond donors (Lipinski definition) is 1. The Morgan fingerprint density at radius 2 is 2.15 bits per heavy atom. The molecule has 2 aromatic rings. The van der Waals surface area contributed by atoms with Crippen LogP contribution in [0.2, 0.25) is 5.15 Å². The molecule has 0 unspecified atom stereocenters. The van der Waals surface area contributed by atoms with Crippen molar-refractivity contribution in [1.82, 2.24) is 4.98 Å². The second kappa shape index (κ2) is 5.70. The second-order valence-corrected chi connectivity index (χ2v) is 4.15. The number of rotatable bonds is 4. The Morgan fingerprint density at radius 3 is 2.75 bits per heavy atom. The standard InChI is InChI=1S/C12H9ClFN3O3/c1-20-10-3-2-7(4-9(10)14)15-12-6-8(17(18)19)5-11(13)16-12/h2-6H,1H3,(H,15,16). The lowest BCUT2D eigenvalue weighted by Gasteiger charge is -2.08. The second-order valence-electron chi connectivity index (χ2n) is 3.76. The van der Waals surface area contributed by atoms with Gasteiger partial charge < -0.3 is 10.1 Å². The van der Waals surface area contributed by atoms with Crippen molar-refractivity contribution in [3.8, 4) is 5.75 Å². The maximum atomic E-state index is 13.5. The van der Waals surface area contributed by atoms with E-state index < -0.39 is 10.7 Å². The molecule has 1 aromatic carbocycles. The molecule has 1 aromatic heterocycles. The maximum Gasteiger partial charge on any atom is 0.276 e. The number of aromatic nitrogens is 1. The van der Waals surface area contributed by atoms with Gasteiger partial charge in [0.05, 0.1) is 24.2 Å². The van der Waals surface area contributed by atoms with E-state index in [4.69, 9.17) is 16.3 Å². The molecule has 0 aliphatic heterocycles. The van der Waals surface area contributed by atoms with E-state index in [1.807, 2.05) is 0 Å². The van der Waals surface area contributed by atoms with Crippen LogP contribution in [0.1, 0.15) is 0 Å². The van der Waals surface area contributed by atoms with Gasteiger partial charge in [-0.05, 0) is 12.1 Å². The zero-order valence-corrected chi connectivity index (χ0v) is 11.0. The zero-order valence-electron chi connectivity index (χ0n) is 10.3. The van der Waals surface area contributed by atoms with Crippen molar-refractivity contribution in [1.29, 1.82) is 0 Å². The predicted octanol–water partition coefficient (Wildman–Crippen LogP) is 3.53. The van der Waals surface area contributed by atoms with Crippen LogP contribution in [0.5, 0.6) is 5.75 Å². The van der Waals surface area contributed by atoms with Crippen LogP contribution in [0.25, 0.3) is 0 Å². The molecular formula is C12H9ClFN3O3. The molecule has 0 aliphatic carbocycles. The molecular weight excluding hydrogens is 289 g/mol. The van der Waals surface area contributed by atoms with Crippen LogP contribution in [0.3, 0.4) is 0 Å². The summed E-state index contributed by atoms with van der Waals surface area (Å²) in [4.78, 5) is 14.0. The summed E-state index contributed by atoms with van der Waals surface area (Å²) in [5.74, 6) is -0.316. The maximum absolute atomic E-state index is 13.5. The first-order chi connectivity index (χ1) is 9.49. The average Bonchev–Trinajstić information content (AvgIpc) is 2.38. The highest BCUT2D eigenvalue weighted by atomic mass is 35.5. The molecule has 1 heterocycles. The first-order valence-electron chi connectivity index (χ1n) is 5.42. The smallest absolute Gasteiger partial charge is 0.276 e. The Balaban J connectivity index is 2.30. The Kier molecular flexibility index (Phi) is 3.99. The summed E-state index contributed by atoms with van der Waals surface area (Å²) < 4.78 is 18.3. The quantitative estimate of drug-likeness (QED) is 0.530. The molecule has 1 N–H and O–H groups in total. The molecule has 0 spiro atoms. The molecule has 0 atom stereocenters. The van der Waals surface area contributed by atoms with Crippen LogP contribution >= 0.6 is 11.6 Å². The highest BCUT2D eigenvalue weighted by Crippen LogP contribution is 2.26. The van der Waals surface area contributed by atoms with Crippen LogP contribution < -0.4 is 10.1 Å². The highest BCUT2D eigenvalue weighted by molar-refractivity contribution is 6.29. The summed E-state index contributed by atoms with van der Waals surface area (Å²) in [5.41, 5.74) is 0.161. The zero-order chi connectivity index (χ0) is 14.7. The number of nitrogens with zero attached hydrogens (tertiary/aromatic N) is 2. The number of pyridine rings is 1. The minimum absolute atomic E-state index is 0.0318. The molecule has 0 saturated heterocycles. The molecule has 0 saturated carbocycles. The molecule has 0 amide bonds. The lowest BCUT2D eigenvalue weighted by molar-refractivity contribution is -0.384. The van der Waals surface area contributed by atoms with E-state index in [-0.39, 0.29) is 22.4 Å². The van der Waals surface area contributed by atoms with Crippen LogP contribution in [-0.4, -0.2) is 17.0 Å². The predicted molar refractivity (Wildman–Crippen MR) is 72.1 cm³/mol. The summed E-state index contributed by atoms with van der Waals surface area (Å²) in [7, 11) is 1.35. The third-order valence-corrected chi connectivity index (χ3v) is 2.61. The molecule has 0 bridgehead atoms. The molecule has 0 fully saturated rings. The van der Waals surface area contributed by atoms with E-state index in [9.17, 15) is 14.5 Å². The Labute approximate surface area is 118 Å². The van der Waals surface area contributed by atoms with Crippen molar-refractivity contribution >= 4 is 28.8 Å². The minimum atomic E-state index is -0.590. The number of nitrogens with one attached hydrogen (secondary N) is 1. The summed E-state index contributed by atoms with van der Waals surface area (Å²) in [5, 5.41) is 13.4. The first-order valence-corrected chi connectivity index (χ1v) is 5.80. The van der Waals surface area contributed by atoms with Gasteiger partial charge in [-0.2, -0.15) is 0 Å². The average molecular weight is 298 g/mol. The van der Waals surface area contributed by atoms with Gasteiger partial charge in [-0.3, -0.25) is 10.1 Å². The minimum Gasteiger partial charge on any atom is -0.494 e. The van der Waals surface area contributed by atoms with Gasteiger partial charge in [0.25, 0.3) is 5.69 Å². The fraction of sp³-hybridized carbons (Fsp3) is 0.0833. The highest BCUT2D eigenvalue weighted by Gasteiger charge is 2.11. The molecule has 0 radical (unpaired) electrons. The third-order valence-electron chi connectivity index (χ3n) is 2.41. The van der Waals surface area contributed by atoms with Crippen LogP contribution in [0.4, 0.5) is 21.6 Å². The SMILES string of the molecule is COc1ccc(Nc2cc([N+](=O)[O-])cc(Cl)n2)cc1F. The van der Waals surface area contributed by atoms with Gasteiger partial charge in [-0.15, -0.1) is 0 Å². The van der Waals surface area contributed by atoms with Crippen molar-refractivity contribution in [3.63, 3.8) is 0 Å². The van der Waals surface area contributed by atoms with E-state index in [0.29, 0.717) is 5.69 Å². The fourth-order valence-electron chi connectivity index (χ4n) is 1.54. The van der Waals surface area contributed by atoms with Crippen molar-refractivity contribution in [3.05, 3.63) is 51.4 Å². The summed E-state index contributed by atoms with van der Waals surface area (Å²) in [6.45, 7) is 0. The molecule has 20 heavy (non-hydrogen) atoms. The third kappa shape index (κ3) is 3.12. The lowest BCUT2D eigenvalue weighted by Crippen LogP contribution is -1.97. The summed E-state index contributed by atoms with van der Waals surface area (Å²) >= 11 is 5.69. The van der Waals surface area contributed by atoms with E-state index in [2.05, 4.69) is 10.3 Å². The number of anilines is 2. The largest absolute Gasteiger partial charge is 0.494 e. The topological polar surface area (TPSA) is 77.3 Å². The van der Waals surface area contributed by atoms with E-state index in [1.165, 1.54) is 25.3 Å². The molecule has 0 aliphatic rings. The van der Waals surface area contributed by atoms with Gasteiger partial charge in [0, 0.05) is 11.8 Å². The Morgan fingerprint density at radius 1 is 1.40 bits per heavy atom.